The molecule has 6 atom stereocenters. The maximum atomic E-state index is 11.5. The van der Waals surface area contributed by atoms with Crippen molar-refractivity contribution in [1.82, 2.24) is 0 Å². The van der Waals surface area contributed by atoms with Gasteiger partial charge in [-0.1, -0.05) is 0 Å². The summed E-state index contributed by atoms with van der Waals surface area (Å²) in [6.07, 6.45) is 0.856. The molecule has 0 aromatic rings. The van der Waals surface area contributed by atoms with Gasteiger partial charge in [-0.3, -0.25) is 9.59 Å². The Labute approximate surface area is 153 Å². The second kappa shape index (κ2) is 8.36. The first-order valence-electron chi connectivity index (χ1n) is 8.24. The van der Waals surface area contributed by atoms with Gasteiger partial charge >= 0.3 is 20.7 Å². The Bertz CT molecular complexity index is 492. The molecule has 0 saturated carbocycles. The Morgan fingerprint density at radius 2 is 1.72 bits per heavy atom. The number of ether oxygens (including phenoxy) is 1. The maximum Gasteiger partial charge on any atom is 0.500 e. The van der Waals surface area contributed by atoms with E-state index in [9.17, 15) is 19.8 Å². The average molecular weight is 395 g/mol. The fourth-order valence-electron chi connectivity index (χ4n) is 4.06. The highest BCUT2D eigenvalue weighted by atomic mass is 32.1. The molecule has 2 bridgehead atoms. The van der Waals surface area contributed by atoms with Crippen molar-refractivity contribution in [2.75, 3.05) is 21.3 Å². The molecule has 10 heteroatoms. The van der Waals surface area contributed by atoms with Crippen molar-refractivity contribution in [1.29, 1.82) is 0 Å². The molecule has 0 spiro atoms. The van der Waals surface area contributed by atoms with E-state index < -0.39 is 44.8 Å². The van der Waals surface area contributed by atoms with Crippen LogP contribution >= 0.6 is 12.6 Å². The molecule has 0 aliphatic carbocycles. The lowest BCUT2D eigenvalue weighted by atomic mass is 9.72. The van der Waals surface area contributed by atoms with Crippen LogP contribution < -0.4 is 0 Å². The molecule has 0 aromatic heterocycles. The number of fused-ring (bicyclic) bond motifs is 2. The SMILES string of the molecule is CO[Si](CCCC(S)C1CC2OC1C(C(=O)O)C2C(=O)O)(OC)OC. The monoisotopic (exact) mass is 394 g/mol. The molecule has 0 radical (unpaired) electrons. The molecule has 2 aliphatic heterocycles. The Hall–Kier alpha value is -0.653. The van der Waals surface area contributed by atoms with Crippen molar-refractivity contribution in [3.63, 3.8) is 0 Å². The first-order chi connectivity index (χ1) is 11.8. The number of thiol groups is 1. The van der Waals surface area contributed by atoms with Gasteiger partial charge in [0.05, 0.1) is 24.0 Å². The molecule has 2 rings (SSSR count). The molecule has 6 unspecified atom stereocenters. The third-order valence-electron chi connectivity index (χ3n) is 5.38. The van der Waals surface area contributed by atoms with E-state index in [0.717, 1.165) is 12.8 Å². The predicted molar refractivity (Wildman–Crippen MR) is 92.6 cm³/mol. The van der Waals surface area contributed by atoms with Gasteiger partial charge in [0.25, 0.3) is 0 Å². The average Bonchev–Trinajstić information content (AvgIpc) is 3.17. The van der Waals surface area contributed by atoms with Crippen molar-refractivity contribution < 1.29 is 37.8 Å². The molecule has 2 N–H and O–H groups in total. The zero-order valence-electron chi connectivity index (χ0n) is 14.6. The minimum atomic E-state index is -2.63. The van der Waals surface area contributed by atoms with Gasteiger partial charge in [0.2, 0.25) is 0 Å². The molecule has 144 valence electrons. The van der Waals surface area contributed by atoms with E-state index in [1.165, 1.54) is 0 Å². The quantitative estimate of drug-likeness (QED) is 0.373. The zero-order valence-corrected chi connectivity index (χ0v) is 16.5. The standard InChI is InChI=1S/C15H26O8SSi/c1-20-25(21-2,22-3)6-4-5-10(24)8-7-9-11(14(16)17)12(15(18)19)13(8)23-9/h8-13,24H,4-7H2,1-3H3,(H,16,17)(H,18,19). The van der Waals surface area contributed by atoms with E-state index in [0.29, 0.717) is 12.5 Å². The summed E-state index contributed by atoms with van der Waals surface area (Å²) >= 11 is 4.64. The molecule has 25 heavy (non-hydrogen) atoms. The van der Waals surface area contributed by atoms with Crippen LogP contribution in [0.4, 0.5) is 0 Å². The number of rotatable bonds is 10. The first-order valence-corrected chi connectivity index (χ1v) is 10.7. The van der Waals surface area contributed by atoms with Gasteiger partial charge in [-0.15, -0.1) is 0 Å². The van der Waals surface area contributed by atoms with Crippen molar-refractivity contribution >= 4 is 33.4 Å². The highest BCUT2D eigenvalue weighted by Crippen LogP contribution is 2.49. The number of carboxylic acid groups (broad SMARTS) is 2. The van der Waals surface area contributed by atoms with Gasteiger partial charge in [-0.2, -0.15) is 12.6 Å². The maximum absolute atomic E-state index is 11.5. The lowest BCUT2D eigenvalue weighted by molar-refractivity contribution is -0.154. The van der Waals surface area contributed by atoms with Gasteiger partial charge in [0, 0.05) is 38.5 Å². The summed E-state index contributed by atoms with van der Waals surface area (Å²) in [6, 6.07) is 0.634. The molecule has 2 fully saturated rings. The highest BCUT2D eigenvalue weighted by molar-refractivity contribution is 7.81. The molecule has 2 aliphatic rings. The molecule has 2 saturated heterocycles. The van der Waals surface area contributed by atoms with Crippen LogP contribution in [0.3, 0.4) is 0 Å². The second-order valence-electron chi connectivity index (χ2n) is 6.52. The van der Waals surface area contributed by atoms with Gasteiger partial charge in [0.15, 0.2) is 0 Å². The van der Waals surface area contributed by atoms with E-state index in [-0.39, 0.29) is 11.2 Å². The van der Waals surface area contributed by atoms with Crippen molar-refractivity contribution in [2.45, 2.75) is 42.8 Å². The minimum Gasteiger partial charge on any atom is -0.481 e. The number of hydrogen-bond acceptors (Lipinski definition) is 7. The number of carbonyl (C=O) groups is 2. The van der Waals surface area contributed by atoms with Crippen molar-refractivity contribution in [3.8, 4) is 0 Å². The fraction of sp³-hybridized carbons (Fsp3) is 0.867. The van der Waals surface area contributed by atoms with Crippen LogP contribution in [-0.2, 0) is 27.6 Å². The lowest BCUT2D eigenvalue weighted by Gasteiger charge is -2.31. The second-order valence-corrected chi connectivity index (χ2v) is 10.3. The molecule has 2 heterocycles. The van der Waals surface area contributed by atoms with Crippen LogP contribution in [0.25, 0.3) is 0 Å². The van der Waals surface area contributed by atoms with Gasteiger partial charge in [0.1, 0.15) is 0 Å². The zero-order chi connectivity index (χ0) is 18.8. The molecule has 0 amide bonds. The Kier molecular flexibility index (Phi) is 6.91. The van der Waals surface area contributed by atoms with E-state index in [2.05, 4.69) is 12.6 Å². The van der Waals surface area contributed by atoms with Crippen LogP contribution in [0, 0.1) is 17.8 Å². The summed E-state index contributed by atoms with van der Waals surface area (Å²) in [5.41, 5.74) is 0. The summed E-state index contributed by atoms with van der Waals surface area (Å²) in [5.74, 6) is -4.29. The van der Waals surface area contributed by atoms with Gasteiger partial charge in [-0.05, 0) is 19.3 Å². The predicted octanol–water partition coefficient (Wildman–Crippen LogP) is 1.13. The highest BCUT2D eigenvalue weighted by Gasteiger charge is 2.60. The van der Waals surface area contributed by atoms with Crippen LogP contribution in [0.2, 0.25) is 6.04 Å². The first kappa shape index (κ1) is 20.7. The van der Waals surface area contributed by atoms with Crippen LogP contribution in [0.15, 0.2) is 0 Å². The Balaban J connectivity index is 1.95. The van der Waals surface area contributed by atoms with Crippen LogP contribution in [0.1, 0.15) is 19.3 Å². The van der Waals surface area contributed by atoms with Crippen molar-refractivity contribution in [3.05, 3.63) is 0 Å². The van der Waals surface area contributed by atoms with Crippen molar-refractivity contribution in [2.24, 2.45) is 17.8 Å². The fourth-order valence-corrected chi connectivity index (χ4v) is 6.28. The molecule has 8 nitrogen and oxygen atoms in total. The number of hydrogen-bond donors (Lipinski definition) is 3. The Morgan fingerprint density at radius 1 is 1.16 bits per heavy atom. The summed E-state index contributed by atoms with van der Waals surface area (Å²) < 4.78 is 21.8. The summed E-state index contributed by atoms with van der Waals surface area (Å²) in [4.78, 5) is 22.9. The molecular weight excluding hydrogens is 368 g/mol. The lowest BCUT2D eigenvalue weighted by Crippen LogP contribution is -2.44. The van der Waals surface area contributed by atoms with Crippen LogP contribution in [-0.4, -0.2) is 69.7 Å². The normalized spacial score (nSPS) is 32.7. The third-order valence-corrected chi connectivity index (χ3v) is 8.85. The van der Waals surface area contributed by atoms with Gasteiger partial charge in [-0.25, -0.2) is 0 Å². The van der Waals surface area contributed by atoms with E-state index >= 15 is 0 Å². The minimum absolute atomic E-state index is 0.0752. The molecular formula is C15H26O8SSi. The van der Waals surface area contributed by atoms with E-state index in [4.69, 9.17) is 18.0 Å². The summed E-state index contributed by atoms with van der Waals surface area (Å²) in [6.45, 7) is 0. The Morgan fingerprint density at radius 3 is 2.20 bits per heavy atom. The van der Waals surface area contributed by atoms with E-state index in [1.54, 1.807) is 21.3 Å². The number of carboxylic acids is 2. The largest absolute Gasteiger partial charge is 0.500 e. The van der Waals surface area contributed by atoms with Gasteiger partial charge < -0.3 is 28.2 Å². The number of aliphatic carboxylic acids is 2. The third kappa shape index (κ3) is 4.04. The van der Waals surface area contributed by atoms with Crippen LogP contribution in [0.5, 0.6) is 0 Å². The molecule has 0 aromatic carbocycles. The van der Waals surface area contributed by atoms with E-state index in [1.807, 2.05) is 0 Å². The summed E-state index contributed by atoms with van der Waals surface area (Å²) in [7, 11) is 2.05. The smallest absolute Gasteiger partial charge is 0.481 e. The topological polar surface area (TPSA) is 112 Å². The summed E-state index contributed by atoms with van der Waals surface area (Å²) in [5, 5.41) is 18.6.